The van der Waals surface area contributed by atoms with Gasteiger partial charge in [0.15, 0.2) is 0 Å². The van der Waals surface area contributed by atoms with E-state index in [-0.39, 0.29) is 18.0 Å². The fourth-order valence-corrected chi connectivity index (χ4v) is 3.48. The smallest absolute Gasteiger partial charge is 0.254 e. The number of anilines is 1. The van der Waals surface area contributed by atoms with Gasteiger partial charge in [-0.1, -0.05) is 60.7 Å². The van der Waals surface area contributed by atoms with Crippen LogP contribution in [-0.2, 0) is 17.9 Å². The average molecular weight is 425 g/mol. The molecule has 0 unspecified atom stereocenters. The molecule has 3 aromatic carbocycles. The van der Waals surface area contributed by atoms with Crippen LogP contribution in [0.3, 0.4) is 0 Å². The Balaban J connectivity index is 1.60. The summed E-state index contributed by atoms with van der Waals surface area (Å²) in [6.07, 6.45) is 1.41. The largest absolute Gasteiger partial charge is 0.496 e. The quantitative estimate of drug-likeness (QED) is 0.446. The molecule has 0 spiro atoms. The van der Waals surface area contributed by atoms with Gasteiger partial charge in [-0.25, -0.2) is 4.98 Å². The van der Waals surface area contributed by atoms with Crippen molar-refractivity contribution in [3.05, 3.63) is 113 Å². The van der Waals surface area contributed by atoms with Gasteiger partial charge < -0.3 is 9.64 Å². The molecule has 0 atom stereocenters. The first kappa shape index (κ1) is 21.1. The lowest BCUT2D eigenvalue weighted by molar-refractivity contribution is -0.119. The molecule has 0 bridgehead atoms. The van der Waals surface area contributed by atoms with Crippen LogP contribution in [0.2, 0.25) is 0 Å². The van der Waals surface area contributed by atoms with Gasteiger partial charge in [-0.15, -0.1) is 0 Å². The molecule has 6 heteroatoms. The van der Waals surface area contributed by atoms with Crippen molar-refractivity contribution in [2.45, 2.75) is 13.1 Å². The van der Waals surface area contributed by atoms with Gasteiger partial charge in [-0.05, 0) is 29.8 Å². The molecule has 1 aromatic heterocycles. The van der Waals surface area contributed by atoms with Crippen molar-refractivity contribution in [1.29, 1.82) is 0 Å². The normalized spacial score (nSPS) is 10.5. The molecule has 4 aromatic rings. The summed E-state index contributed by atoms with van der Waals surface area (Å²) in [5, 5.41) is 0. The van der Waals surface area contributed by atoms with E-state index in [0.717, 1.165) is 16.8 Å². The van der Waals surface area contributed by atoms with Gasteiger partial charge in [-0.2, -0.15) is 0 Å². The highest BCUT2D eigenvalue weighted by molar-refractivity contribution is 5.93. The van der Waals surface area contributed by atoms with Crippen LogP contribution in [0.25, 0.3) is 11.3 Å². The van der Waals surface area contributed by atoms with Crippen molar-refractivity contribution in [3.8, 4) is 17.0 Å². The lowest BCUT2D eigenvalue weighted by Crippen LogP contribution is -2.36. The Kier molecular flexibility index (Phi) is 6.41. The monoisotopic (exact) mass is 425 g/mol. The van der Waals surface area contributed by atoms with E-state index in [2.05, 4.69) is 4.98 Å². The lowest BCUT2D eigenvalue weighted by Gasteiger charge is -2.23. The number of aromatic nitrogens is 2. The zero-order valence-electron chi connectivity index (χ0n) is 17.7. The summed E-state index contributed by atoms with van der Waals surface area (Å²) in [6, 6.07) is 28.0. The van der Waals surface area contributed by atoms with E-state index in [4.69, 9.17) is 4.74 Å². The molecule has 0 aliphatic heterocycles. The standard InChI is InChI=1S/C26H23N3O3/c1-32-24-15-9-8-14-22(24)23-16-25(30)28(19-27-23)18-26(31)29(21-12-6-3-7-13-21)17-20-10-4-2-5-11-20/h2-16,19H,17-18H2,1H3. The van der Waals surface area contributed by atoms with E-state index in [1.807, 2.05) is 84.9 Å². The number of rotatable bonds is 7. The first-order chi connectivity index (χ1) is 15.7. The molecule has 0 aliphatic rings. The van der Waals surface area contributed by atoms with Crippen LogP contribution in [0.4, 0.5) is 5.69 Å². The highest BCUT2D eigenvalue weighted by atomic mass is 16.5. The molecule has 1 amide bonds. The van der Waals surface area contributed by atoms with E-state index >= 15 is 0 Å². The number of benzene rings is 3. The fraction of sp³-hybridized carbons (Fsp3) is 0.115. The van der Waals surface area contributed by atoms with Crippen molar-refractivity contribution < 1.29 is 9.53 Å². The van der Waals surface area contributed by atoms with Crippen molar-refractivity contribution in [3.63, 3.8) is 0 Å². The third-order valence-electron chi connectivity index (χ3n) is 5.12. The molecular weight excluding hydrogens is 402 g/mol. The van der Waals surface area contributed by atoms with E-state index in [0.29, 0.717) is 18.0 Å². The number of methoxy groups -OCH3 is 1. The first-order valence-corrected chi connectivity index (χ1v) is 10.2. The molecule has 0 radical (unpaired) electrons. The molecule has 0 N–H and O–H groups in total. The summed E-state index contributed by atoms with van der Waals surface area (Å²) in [6.45, 7) is 0.297. The van der Waals surface area contributed by atoms with Gasteiger partial charge in [0.2, 0.25) is 5.91 Å². The maximum atomic E-state index is 13.2. The molecular formula is C26H23N3O3. The maximum Gasteiger partial charge on any atom is 0.254 e. The van der Waals surface area contributed by atoms with Crippen LogP contribution in [0.5, 0.6) is 5.75 Å². The lowest BCUT2D eigenvalue weighted by atomic mass is 10.1. The van der Waals surface area contributed by atoms with Crippen LogP contribution in [0, 0.1) is 0 Å². The molecule has 0 saturated heterocycles. The zero-order valence-corrected chi connectivity index (χ0v) is 17.7. The van der Waals surface area contributed by atoms with Crippen LogP contribution >= 0.6 is 0 Å². The van der Waals surface area contributed by atoms with Crippen LogP contribution in [0.15, 0.2) is 102 Å². The Morgan fingerprint density at radius 1 is 0.938 bits per heavy atom. The molecule has 0 aliphatic carbocycles. The van der Waals surface area contributed by atoms with Gasteiger partial charge in [0, 0.05) is 17.3 Å². The van der Waals surface area contributed by atoms with Crippen molar-refractivity contribution >= 4 is 11.6 Å². The second-order valence-corrected chi connectivity index (χ2v) is 7.24. The minimum absolute atomic E-state index is 0.111. The summed E-state index contributed by atoms with van der Waals surface area (Å²) in [7, 11) is 1.57. The molecule has 0 fully saturated rings. The van der Waals surface area contributed by atoms with Gasteiger partial charge in [0.05, 0.1) is 25.7 Å². The highest BCUT2D eigenvalue weighted by Crippen LogP contribution is 2.26. The molecule has 32 heavy (non-hydrogen) atoms. The second kappa shape index (κ2) is 9.75. The number of para-hydroxylation sites is 2. The number of carbonyl (C=O) groups is 1. The molecule has 1 heterocycles. The van der Waals surface area contributed by atoms with Crippen LogP contribution in [-0.4, -0.2) is 22.6 Å². The summed E-state index contributed by atoms with van der Waals surface area (Å²) < 4.78 is 6.68. The van der Waals surface area contributed by atoms with Gasteiger partial charge in [0.1, 0.15) is 12.3 Å². The molecule has 4 rings (SSSR count). The maximum absolute atomic E-state index is 13.2. The Bertz CT molecular complexity index is 1250. The van der Waals surface area contributed by atoms with E-state index in [9.17, 15) is 9.59 Å². The second-order valence-electron chi connectivity index (χ2n) is 7.24. The predicted molar refractivity (Wildman–Crippen MR) is 125 cm³/mol. The van der Waals surface area contributed by atoms with E-state index in [1.165, 1.54) is 17.0 Å². The van der Waals surface area contributed by atoms with Gasteiger partial charge >= 0.3 is 0 Å². The van der Waals surface area contributed by atoms with Crippen molar-refractivity contribution in [2.24, 2.45) is 0 Å². The number of ether oxygens (including phenoxy) is 1. The molecule has 6 nitrogen and oxygen atoms in total. The fourth-order valence-electron chi connectivity index (χ4n) is 3.48. The zero-order chi connectivity index (χ0) is 22.3. The summed E-state index contributed by atoms with van der Waals surface area (Å²) in [5.41, 5.74) is 2.69. The minimum Gasteiger partial charge on any atom is -0.496 e. The number of nitrogens with zero attached hydrogens (tertiary/aromatic N) is 3. The number of hydrogen-bond donors (Lipinski definition) is 0. The average Bonchev–Trinajstić information content (AvgIpc) is 2.85. The molecule has 0 saturated carbocycles. The van der Waals surface area contributed by atoms with Gasteiger partial charge in [-0.3, -0.25) is 14.2 Å². The Hall–Kier alpha value is -4.19. The van der Waals surface area contributed by atoms with Crippen LogP contribution in [0.1, 0.15) is 5.56 Å². The van der Waals surface area contributed by atoms with Crippen molar-refractivity contribution in [2.75, 3.05) is 12.0 Å². The van der Waals surface area contributed by atoms with Crippen molar-refractivity contribution in [1.82, 2.24) is 9.55 Å². The minimum atomic E-state index is -0.304. The number of amides is 1. The summed E-state index contributed by atoms with van der Waals surface area (Å²) >= 11 is 0. The third kappa shape index (κ3) is 4.75. The SMILES string of the molecule is COc1ccccc1-c1cc(=O)n(CC(=O)N(Cc2ccccc2)c2ccccc2)cn1. The van der Waals surface area contributed by atoms with Gasteiger partial charge in [0.25, 0.3) is 5.56 Å². The van der Waals surface area contributed by atoms with Crippen LogP contribution < -0.4 is 15.2 Å². The van der Waals surface area contributed by atoms with E-state index < -0.39 is 0 Å². The Morgan fingerprint density at radius 3 is 2.28 bits per heavy atom. The van der Waals surface area contributed by atoms with E-state index in [1.54, 1.807) is 12.0 Å². The first-order valence-electron chi connectivity index (χ1n) is 10.2. The third-order valence-corrected chi connectivity index (χ3v) is 5.12. The summed E-state index contributed by atoms with van der Waals surface area (Å²) in [4.78, 5) is 32.1. The molecule has 160 valence electrons. The number of carbonyl (C=O) groups excluding carboxylic acids is 1. The predicted octanol–water partition coefficient (Wildman–Crippen LogP) is 4.15. The Morgan fingerprint density at radius 2 is 1.59 bits per heavy atom. The topological polar surface area (TPSA) is 64.4 Å². The summed E-state index contributed by atoms with van der Waals surface area (Å²) in [5.74, 6) is 0.431. The Labute approximate surface area is 186 Å². The highest BCUT2D eigenvalue weighted by Gasteiger charge is 2.18. The number of hydrogen-bond acceptors (Lipinski definition) is 4.